The monoisotopic (exact) mass is 1870 g/mol. The van der Waals surface area contributed by atoms with E-state index in [1.165, 1.54) is 70.3 Å². The quantitative estimate of drug-likeness (QED) is 0.0173. The summed E-state index contributed by atoms with van der Waals surface area (Å²) in [6, 6.07) is -1.16. The van der Waals surface area contributed by atoms with Gasteiger partial charge in [-0.2, -0.15) is 0 Å². The second-order valence-electron chi connectivity index (χ2n) is 31.0. The van der Waals surface area contributed by atoms with Crippen molar-refractivity contribution in [2.45, 2.75) is 221 Å². The van der Waals surface area contributed by atoms with Crippen LogP contribution in [0.25, 0.3) is 11.1 Å². The number of nitrogens with two attached hydrogens (primary N) is 1. The first kappa shape index (κ1) is 75.5. The fourth-order valence-corrected chi connectivity index (χ4v) is 16.3. The van der Waals surface area contributed by atoms with Gasteiger partial charge in [-0.1, -0.05) is 107 Å². The maximum atomic E-state index is 16.7. The highest BCUT2D eigenvalue weighted by atomic mass is 35.5. The van der Waals surface area contributed by atoms with E-state index in [1.807, 2.05) is 0 Å². The van der Waals surface area contributed by atoms with Crippen molar-refractivity contribution in [3.05, 3.63) is 116 Å². The number of halogens is 2. The number of primary amides is 1. The molecule has 2 fully saturated rings. The van der Waals surface area contributed by atoms with E-state index in [9.17, 15) is 54.5 Å². The van der Waals surface area contributed by atoms with Crippen LogP contribution in [0.1, 0.15) is 196 Å². The molecule has 0 radical (unpaired) electrons. The van der Waals surface area contributed by atoms with Crippen molar-refractivity contribution in [2.75, 3.05) is 89.2 Å². The van der Waals surface area contributed by atoms with Crippen LogP contribution in [0.4, 0.5) is 0 Å². The fraction of sp³-hybridized carbons (Fsp3) is 0.563. The van der Waals surface area contributed by atoms with Gasteiger partial charge in [0.05, 0.1) is 72.9 Å². The molecule has 41 heteroatoms. The van der Waals surface area contributed by atoms with Gasteiger partial charge >= 0.3 is 13.6 Å². The lowest BCUT2D eigenvalue weighted by Crippen LogP contribution is -2.66. The van der Waals surface area contributed by atoms with Crippen LogP contribution < -0.4 is 67.2 Å². The molecule has 5 aromatic rings. The minimum atomic E-state index is -4.77. The van der Waals surface area contributed by atoms with Gasteiger partial charge in [-0.25, -0.2) is 4.79 Å². The molecule has 0 saturated carbocycles. The summed E-state index contributed by atoms with van der Waals surface area (Å²) >= 11 is 14.6. The molecule has 7 aliphatic rings. The first-order valence-electron chi connectivity index (χ1n) is 50.0. The fourth-order valence-electron chi connectivity index (χ4n) is 15.3. The Morgan fingerprint density at radius 2 is 1.42 bits per heavy atom. The zero-order valence-corrected chi connectivity index (χ0v) is 73.9. The van der Waals surface area contributed by atoms with Gasteiger partial charge < -0.3 is 141 Å². The van der Waals surface area contributed by atoms with Crippen LogP contribution in [0.3, 0.4) is 0 Å². The largest absolute Gasteiger partial charge is 0.507 e. The predicted molar refractivity (Wildman–Crippen MR) is 465 cm³/mol. The SMILES string of the molecule is [2H]C(NCCN(C)[C@@]1(C)CC(O[C@H]2[C@H](Oc3c4cc5cc3Oc3ccc(cc3Cl)[C@@H](OC)[C@@H]3NC(=O)[C@H](NC(=O)C5NC(=O)[C@H](CC(N)=O)NC(=O)[C@H](NC(=O)[C@@H](CC(C)C)NC)[C@H](O)c5ccc(c(Cl)c5)O4)c4ccc(O)c(c4)-c4c(cc(OC)c(CNCP(=O)(O)OC)c4O)[C@@H](C(=O)OC)N(C)C3=O)O[C@H](COC)[C@@H](O)[C@@H]2O)O[C@@H](C)[C@H]1O)C([2H])([2H])C([2H])([2H])C([2H])([2H])C([2H])([2H])C([2H])([2H])C([2H])([2H])C([2H])([2H])C([2H])([2H])C([2H])([2H])[2H]. The topological polar surface area (TPSA) is 526 Å². The van der Waals surface area contributed by atoms with Gasteiger partial charge in [0.15, 0.2) is 29.9 Å². The number of likely N-dealkylation sites (N-methyl/N-ethyl adjacent to an activating group) is 3. The number of aromatic hydroxyl groups is 2. The van der Waals surface area contributed by atoms with E-state index in [2.05, 4.69) is 42.5 Å². The van der Waals surface area contributed by atoms with Crippen molar-refractivity contribution in [1.82, 2.24) is 52.3 Å². The standard InChI is InChI=1S/C87H120Cl2N11O27P/c1-14-15-16-17-18-19-20-21-28-92-29-30-99(7)87(5)39-64(122-44(4)78(87)107)126-77-74(106)73(105)62(41-117-9)125-86(77)127-76-60-35-48-36-61(76)124-58-27-24-47(34-53(58)89)75(119-11)69-84(113)100(8)70(85(114)120-12)50-37-59(118-10)51(40-93-42-128(115,116)121-13)72(104)65(50)49-32-45(22-25-56(49)101)66(81(110)98-69)96-82(111)67(48)95-80(109)55(38-63(90)102)94-83(112)68(97-79(108)54(91-6)31-43(2)3)71(103)46-23-26-57(123-60)52(88)33-46/h22-27,32-37,43-44,54-55,62,64,66-71,73-75,77-78,86,91-93,101,103-107H,14-21,28-31,38-42H2,1-13H3,(H2,90,102)(H,94,112)(H,95,109)(H,96,111)(H,97,108)(H,98,110)(H,115,116)/t44-,54+,55-,62+,64?,66+,67?,68+,69-,70-,71+,73+,74-,75+,77+,78+,86-,87-/m0/s1/i1D3,14D2,15D2,16D2,17D2,18D2,19D2,20D2,21D2,28D/t28?,44-,54+,55-,62+,64?,66+,67?,68+,69-,70-,71+,73+,74-,75+,77+,78+,86-,87-. The molecule has 128 heavy (non-hydrogen) atoms. The van der Waals surface area contributed by atoms with Crippen LogP contribution in [-0.2, 0) is 82.4 Å². The van der Waals surface area contributed by atoms with E-state index >= 15 is 24.0 Å². The van der Waals surface area contributed by atoms with E-state index in [0.29, 0.717) is 0 Å². The zero-order chi connectivity index (χ0) is 111. The number of carbonyl (C=O) groups excluding carboxylic acids is 8. The van der Waals surface area contributed by atoms with Gasteiger partial charge in [0, 0.05) is 98.5 Å². The number of ether oxygens (including phenoxy) is 10. The average Bonchev–Trinajstić information content (AvgIpc) is 0.685. The van der Waals surface area contributed by atoms with Crippen LogP contribution in [-0.4, -0.2) is 261 Å². The summed E-state index contributed by atoms with van der Waals surface area (Å²) in [6.07, 6.45) is -57.5. The zero-order valence-electron chi connectivity index (χ0n) is 91.5. The van der Waals surface area contributed by atoms with Crippen LogP contribution in [0, 0.1) is 5.92 Å². The molecule has 20 atom stereocenters. The lowest BCUT2D eigenvalue weighted by atomic mass is 9.83. The van der Waals surface area contributed by atoms with Gasteiger partial charge in [0.25, 0.3) is 0 Å². The lowest BCUT2D eigenvalue weighted by molar-refractivity contribution is -0.338. The first-order chi connectivity index (χ1) is 68.4. The number of aliphatic hydroxyl groups excluding tert-OH is 4. The molecule has 12 rings (SSSR count). The minimum absolute atomic E-state index is 0.0961. The molecule has 0 aromatic heterocycles. The number of hydrogen-bond donors (Lipinski definition) is 16. The normalized spacial score (nSPS) is 29.9. The highest BCUT2D eigenvalue weighted by molar-refractivity contribution is 7.52. The Bertz CT molecular complexity index is 5810. The average molecular weight is 1870 g/mol. The third-order valence-electron chi connectivity index (χ3n) is 22.1. The number of nitrogens with one attached hydrogen (secondary N) is 8. The number of esters is 1. The number of amides is 7. The molecule has 17 N–H and O–H groups in total. The summed E-state index contributed by atoms with van der Waals surface area (Å²) in [7, 11) is 4.84. The molecule has 4 unspecified atom stereocenters. The van der Waals surface area contributed by atoms with Crippen molar-refractivity contribution in [3.63, 3.8) is 0 Å². The van der Waals surface area contributed by atoms with E-state index in [0.717, 1.165) is 82.9 Å². The summed E-state index contributed by atoms with van der Waals surface area (Å²) in [4.78, 5) is 135. The molecule has 38 nitrogen and oxygen atoms in total. The Balaban J connectivity index is 1.16. The van der Waals surface area contributed by atoms with Crippen LogP contribution in [0.15, 0.2) is 72.8 Å². The van der Waals surface area contributed by atoms with Crippen LogP contribution in [0.2, 0.25) is 10.0 Å². The summed E-state index contributed by atoms with van der Waals surface area (Å²) in [5.74, 6) is -15.6. The molecule has 7 aliphatic heterocycles. The van der Waals surface area contributed by atoms with Crippen molar-refractivity contribution in [2.24, 2.45) is 11.7 Å². The summed E-state index contributed by atoms with van der Waals surface area (Å²) in [6.45, 7) is -2.60. The van der Waals surface area contributed by atoms with Gasteiger partial charge in [-0.05, 0) is 130 Å². The summed E-state index contributed by atoms with van der Waals surface area (Å²) in [5.41, 5.74) is 1.25. The Morgan fingerprint density at radius 3 is 2.04 bits per heavy atom. The van der Waals surface area contributed by atoms with Crippen LogP contribution >= 0.6 is 30.8 Å². The number of phenols is 2. The molecule has 0 spiro atoms. The second kappa shape index (κ2) is 45.1. The van der Waals surface area contributed by atoms with Gasteiger partial charge in [-0.15, -0.1) is 0 Å². The molecular weight excluding hydrogens is 1730 g/mol. The van der Waals surface area contributed by atoms with Crippen molar-refractivity contribution in [3.8, 4) is 57.1 Å². The molecule has 704 valence electrons. The Kier molecular flexibility index (Phi) is 26.6. The third kappa shape index (κ3) is 23.8. The summed E-state index contributed by atoms with van der Waals surface area (Å²) in [5, 5.41) is 94.3. The number of nitrogens with zero attached hydrogens (tertiary/aromatic N) is 2. The molecule has 11 bridgehead atoms. The lowest BCUT2D eigenvalue weighted by Gasteiger charge is -2.51. The van der Waals surface area contributed by atoms with E-state index in [1.54, 1.807) is 13.8 Å². The number of carbonyl (C=O) groups is 8. The Morgan fingerprint density at radius 1 is 0.789 bits per heavy atom. The Hall–Kier alpha value is -9.13. The Labute approximate surface area is 780 Å². The maximum Gasteiger partial charge on any atom is 0.341 e. The highest BCUT2D eigenvalue weighted by Crippen LogP contribution is 2.52. The molecule has 7 heterocycles. The number of aliphatic hydroxyl groups is 4. The number of benzene rings is 5. The van der Waals surface area contributed by atoms with Gasteiger partial charge in [0.1, 0.15) is 89.5 Å². The maximum absolute atomic E-state index is 16.7. The predicted octanol–water partition coefficient (Wildman–Crippen LogP) is 5.73. The van der Waals surface area contributed by atoms with E-state index in [4.69, 9.17) is 108 Å². The number of fused-ring (bicyclic) bond motifs is 15. The molecule has 7 amide bonds. The van der Waals surface area contributed by atoms with Crippen molar-refractivity contribution < 1.29 is 158 Å². The molecular formula is C87H120Cl2N11O27P. The number of methoxy groups -OCH3 is 4. The molecule has 5 aromatic carbocycles. The van der Waals surface area contributed by atoms with E-state index in [-0.39, 0.29) is 40.3 Å². The molecule has 0 aliphatic carbocycles. The highest BCUT2D eigenvalue weighted by Gasteiger charge is 2.54. The van der Waals surface area contributed by atoms with E-state index < -0.39 is 346 Å². The number of hydrogen-bond acceptors (Lipinski definition) is 30. The molecule has 2 saturated heterocycles. The van der Waals surface area contributed by atoms with Crippen molar-refractivity contribution in [1.29, 1.82) is 0 Å². The number of phenolic OH excluding ortho intramolecular Hbond substituents is 2. The summed E-state index contributed by atoms with van der Waals surface area (Å²) < 4.78 is 248. The second-order valence-corrected chi connectivity index (χ2v) is 33.8. The first-order valence-corrected chi connectivity index (χ1v) is 42.5. The van der Waals surface area contributed by atoms with Gasteiger partial charge in [0.2, 0.25) is 53.4 Å². The smallest absolute Gasteiger partial charge is 0.341 e. The van der Waals surface area contributed by atoms with Crippen molar-refractivity contribution >= 4 is 78.1 Å². The third-order valence-corrected chi connectivity index (χ3v) is 23.9. The minimum Gasteiger partial charge on any atom is -0.507 e. The van der Waals surface area contributed by atoms with Gasteiger partial charge in [-0.3, -0.25) is 43.0 Å². The number of rotatable bonds is 34. The van der Waals surface area contributed by atoms with Crippen LogP contribution in [0.5, 0.6) is 46.0 Å².